The molecule has 0 fully saturated rings. The zero-order chi connectivity index (χ0) is 14.8. The molecule has 1 heterocycles. The number of nitrogens with zero attached hydrogens (tertiary/aromatic N) is 1. The number of nitrogens with two attached hydrogens (primary N) is 1. The molecule has 2 N–H and O–H groups in total. The summed E-state index contributed by atoms with van der Waals surface area (Å²) >= 11 is 0. The Morgan fingerprint density at radius 1 is 1.10 bits per heavy atom. The lowest BCUT2D eigenvalue weighted by Crippen LogP contribution is -2.47. The first-order valence-corrected chi connectivity index (χ1v) is 7.55. The maximum absolute atomic E-state index is 6.53. The van der Waals surface area contributed by atoms with E-state index in [0.717, 1.165) is 26.1 Å². The van der Waals surface area contributed by atoms with Crippen LogP contribution in [0.1, 0.15) is 39.7 Å². The number of benzene rings is 1. The van der Waals surface area contributed by atoms with Crippen LogP contribution in [-0.2, 0) is 5.54 Å². The van der Waals surface area contributed by atoms with E-state index in [4.69, 9.17) is 5.73 Å². The summed E-state index contributed by atoms with van der Waals surface area (Å²) in [7, 11) is 0. The molecule has 0 spiro atoms. The van der Waals surface area contributed by atoms with Crippen LogP contribution in [0.3, 0.4) is 0 Å². The van der Waals surface area contributed by atoms with E-state index in [1.165, 1.54) is 5.56 Å². The van der Waals surface area contributed by atoms with E-state index in [2.05, 4.69) is 62.9 Å². The summed E-state index contributed by atoms with van der Waals surface area (Å²) < 4.78 is 0. The predicted molar refractivity (Wildman–Crippen MR) is 86.6 cm³/mol. The van der Waals surface area contributed by atoms with Crippen molar-refractivity contribution >= 4 is 0 Å². The number of hydrogen-bond donors (Lipinski definition) is 1. The quantitative estimate of drug-likeness (QED) is 0.853. The van der Waals surface area contributed by atoms with Crippen LogP contribution >= 0.6 is 0 Å². The highest BCUT2D eigenvalue weighted by atomic mass is 15.1. The fourth-order valence-electron chi connectivity index (χ4n) is 2.91. The van der Waals surface area contributed by atoms with Crippen LogP contribution in [0.5, 0.6) is 0 Å². The molecule has 0 bridgehead atoms. The van der Waals surface area contributed by atoms with E-state index in [-0.39, 0.29) is 5.54 Å². The van der Waals surface area contributed by atoms with E-state index < -0.39 is 0 Å². The van der Waals surface area contributed by atoms with Crippen LogP contribution in [0.4, 0.5) is 0 Å². The molecule has 20 heavy (non-hydrogen) atoms. The zero-order valence-electron chi connectivity index (χ0n) is 13.3. The van der Waals surface area contributed by atoms with Crippen LogP contribution in [0.15, 0.2) is 42.0 Å². The minimum atomic E-state index is -0.283. The molecule has 1 aliphatic heterocycles. The Kier molecular flexibility index (Phi) is 4.36. The summed E-state index contributed by atoms with van der Waals surface area (Å²) in [6.07, 6.45) is 3.55. The SMILES string of the molecule is CC(C)(C)C1=CCN(CC(C)(N)c2ccccc2)CC1. The van der Waals surface area contributed by atoms with Gasteiger partial charge in [0.15, 0.2) is 0 Å². The first-order chi connectivity index (χ1) is 9.29. The van der Waals surface area contributed by atoms with Gasteiger partial charge in [-0.15, -0.1) is 0 Å². The van der Waals surface area contributed by atoms with Gasteiger partial charge in [0, 0.05) is 19.6 Å². The molecule has 1 aromatic carbocycles. The van der Waals surface area contributed by atoms with Gasteiger partial charge in [0.2, 0.25) is 0 Å². The van der Waals surface area contributed by atoms with Crippen LogP contribution in [0, 0.1) is 5.41 Å². The predicted octanol–water partition coefficient (Wildman–Crippen LogP) is 3.54. The van der Waals surface area contributed by atoms with Gasteiger partial charge in [0.05, 0.1) is 5.54 Å². The summed E-state index contributed by atoms with van der Waals surface area (Å²) in [5.74, 6) is 0. The fraction of sp³-hybridized carbons (Fsp3) is 0.556. The average Bonchev–Trinajstić information content (AvgIpc) is 2.39. The molecule has 1 atom stereocenters. The monoisotopic (exact) mass is 272 g/mol. The summed E-state index contributed by atoms with van der Waals surface area (Å²) in [4.78, 5) is 2.46. The molecular formula is C18H28N2. The molecule has 2 nitrogen and oxygen atoms in total. The zero-order valence-corrected chi connectivity index (χ0v) is 13.3. The second-order valence-corrected chi connectivity index (χ2v) is 7.25. The lowest BCUT2D eigenvalue weighted by atomic mass is 9.82. The van der Waals surface area contributed by atoms with Crippen molar-refractivity contribution in [1.29, 1.82) is 0 Å². The Hall–Kier alpha value is -1.12. The molecule has 0 radical (unpaired) electrons. The smallest absolute Gasteiger partial charge is 0.0510 e. The topological polar surface area (TPSA) is 29.3 Å². The minimum Gasteiger partial charge on any atom is -0.321 e. The fourth-order valence-corrected chi connectivity index (χ4v) is 2.91. The van der Waals surface area contributed by atoms with Crippen LogP contribution in [-0.4, -0.2) is 24.5 Å². The van der Waals surface area contributed by atoms with E-state index in [1.54, 1.807) is 5.57 Å². The van der Waals surface area contributed by atoms with Gasteiger partial charge in [-0.1, -0.05) is 62.8 Å². The Bertz CT molecular complexity index is 466. The van der Waals surface area contributed by atoms with Gasteiger partial charge in [-0.25, -0.2) is 0 Å². The summed E-state index contributed by atoms with van der Waals surface area (Å²) in [6, 6.07) is 10.4. The van der Waals surface area contributed by atoms with Gasteiger partial charge in [-0.05, 0) is 24.3 Å². The van der Waals surface area contributed by atoms with E-state index in [9.17, 15) is 0 Å². The molecule has 110 valence electrons. The Balaban J connectivity index is 2.01. The molecule has 1 aromatic rings. The maximum Gasteiger partial charge on any atom is 0.0510 e. The molecule has 0 amide bonds. The third-order valence-electron chi connectivity index (χ3n) is 4.24. The van der Waals surface area contributed by atoms with Crippen molar-refractivity contribution in [3.05, 3.63) is 47.5 Å². The third-order valence-corrected chi connectivity index (χ3v) is 4.24. The second kappa shape index (κ2) is 5.71. The van der Waals surface area contributed by atoms with Crippen molar-refractivity contribution in [2.45, 2.75) is 39.7 Å². The Morgan fingerprint density at radius 2 is 1.75 bits per heavy atom. The van der Waals surface area contributed by atoms with Crippen LogP contribution in [0.25, 0.3) is 0 Å². The van der Waals surface area contributed by atoms with Crippen molar-refractivity contribution in [3.8, 4) is 0 Å². The highest BCUT2D eigenvalue weighted by Gasteiger charge is 2.27. The second-order valence-electron chi connectivity index (χ2n) is 7.25. The van der Waals surface area contributed by atoms with E-state index in [1.807, 2.05) is 6.07 Å². The molecule has 0 aliphatic carbocycles. The molecular weight excluding hydrogens is 244 g/mol. The van der Waals surface area contributed by atoms with Gasteiger partial charge in [0.25, 0.3) is 0 Å². The molecule has 0 saturated heterocycles. The first-order valence-electron chi connectivity index (χ1n) is 7.55. The van der Waals surface area contributed by atoms with Crippen LogP contribution < -0.4 is 5.73 Å². The maximum atomic E-state index is 6.53. The van der Waals surface area contributed by atoms with E-state index >= 15 is 0 Å². The lowest BCUT2D eigenvalue weighted by Gasteiger charge is -2.37. The summed E-state index contributed by atoms with van der Waals surface area (Å²) in [5, 5.41) is 0. The number of rotatable bonds is 3. The van der Waals surface area contributed by atoms with Gasteiger partial charge in [0.1, 0.15) is 0 Å². The number of hydrogen-bond acceptors (Lipinski definition) is 2. The van der Waals surface area contributed by atoms with Gasteiger partial charge < -0.3 is 5.73 Å². The summed E-state index contributed by atoms with van der Waals surface area (Å²) in [5.41, 5.74) is 9.34. The largest absolute Gasteiger partial charge is 0.321 e. The molecule has 1 aliphatic rings. The van der Waals surface area contributed by atoms with Gasteiger partial charge in [-0.2, -0.15) is 0 Å². The first kappa shape index (κ1) is 15.3. The van der Waals surface area contributed by atoms with Gasteiger partial charge in [-0.3, -0.25) is 4.90 Å². The van der Waals surface area contributed by atoms with Crippen molar-refractivity contribution in [2.24, 2.45) is 11.1 Å². The third kappa shape index (κ3) is 3.71. The van der Waals surface area contributed by atoms with Crippen LogP contribution in [0.2, 0.25) is 0 Å². The van der Waals surface area contributed by atoms with E-state index in [0.29, 0.717) is 5.41 Å². The lowest BCUT2D eigenvalue weighted by molar-refractivity contribution is 0.223. The molecule has 0 saturated carbocycles. The standard InChI is InChI=1S/C18H28N2/c1-17(2,3)15-10-12-20(13-11-15)14-18(4,19)16-8-6-5-7-9-16/h5-10H,11-14,19H2,1-4H3. The van der Waals surface area contributed by atoms with Crippen molar-refractivity contribution < 1.29 is 0 Å². The summed E-state index contributed by atoms with van der Waals surface area (Å²) in [6.45, 7) is 12.1. The molecule has 2 heteroatoms. The van der Waals surface area contributed by atoms with Gasteiger partial charge >= 0.3 is 0 Å². The van der Waals surface area contributed by atoms with Crippen molar-refractivity contribution in [1.82, 2.24) is 4.90 Å². The highest BCUT2D eigenvalue weighted by Crippen LogP contribution is 2.30. The van der Waals surface area contributed by atoms with Crippen molar-refractivity contribution in [3.63, 3.8) is 0 Å². The molecule has 1 unspecified atom stereocenters. The molecule has 0 aromatic heterocycles. The minimum absolute atomic E-state index is 0.283. The normalized spacial score (nSPS) is 20.4. The Morgan fingerprint density at radius 3 is 2.25 bits per heavy atom. The van der Waals surface area contributed by atoms with Crippen molar-refractivity contribution in [2.75, 3.05) is 19.6 Å². The average molecular weight is 272 g/mol. The Labute approximate surface area is 123 Å². The molecule has 2 rings (SSSR count). The highest BCUT2D eigenvalue weighted by molar-refractivity contribution is 5.24.